The Balaban J connectivity index is 2.49. The van der Waals surface area contributed by atoms with Gasteiger partial charge >= 0.3 is 0 Å². The van der Waals surface area contributed by atoms with Crippen LogP contribution in [0.2, 0.25) is 0 Å². The molecule has 0 spiro atoms. The first-order valence-corrected chi connectivity index (χ1v) is 6.57. The first-order chi connectivity index (χ1) is 8.93. The summed E-state index contributed by atoms with van der Waals surface area (Å²) in [6.45, 7) is 6.28. The first-order valence-electron chi connectivity index (χ1n) is 6.57. The topological polar surface area (TPSA) is 47.1 Å². The Hall–Kier alpha value is -1.97. The van der Waals surface area contributed by atoms with Gasteiger partial charge in [-0.05, 0) is 43.5 Å². The smallest absolute Gasteiger partial charge is 0.154 e. The summed E-state index contributed by atoms with van der Waals surface area (Å²) in [6, 6.07) is 6.48. The lowest BCUT2D eigenvalue weighted by Gasteiger charge is -2.21. The van der Waals surface area contributed by atoms with Crippen molar-refractivity contribution in [1.82, 2.24) is 9.78 Å². The Morgan fingerprint density at radius 1 is 1.21 bits per heavy atom. The summed E-state index contributed by atoms with van der Waals surface area (Å²) in [4.78, 5) is 2.10. The van der Waals surface area contributed by atoms with Crippen molar-refractivity contribution in [2.45, 2.75) is 27.2 Å². The average molecular weight is 258 g/mol. The molecule has 2 rings (SSSR count). The number of nitrogen functional groups attached to an aromatic ring is 1. The zero-order valence-electron chi connectivity index (χ0n) is 12.4. The van der Waals surface area contributed by atoms with E-state index in [0.29, 0.717) is 0 Å². The Morgan fingerprint density at radius 3 is 2.26 bits per heavy atom. The van der Waals surface area contributed by atoms with Crippen molar-refractivity contribution in [2.75, 3.05) is 17.7 Å². The van der Waals surface area contributed by atoms with Crippen molar-refractivity contribution in [3.8, 4) is 0 Å². The van der Waals surface area contributed by atoms with Gasteiger partial charge in [-0.25, -0.2) is 0 Å². The molecule has 19 heavy (non-hydrogen) atoms. The van der Waals surface area contributed by atoms with E-state index < -0.39 is 0 Å². The maximum absolute atomic E-state index is 6.20. The summed E-state index contributed by atoms with van der Waals surface area (Å²) < 4.78 is 1.85. The molecule has 2 N–H and O–H groups in total. The molecule has 0 fully saturated rings. The molecule has 0 amide bonds. The second-order valence-corrected chi connectivity index (χ2v) is 5.07. The summed E-state index contributed by atoms with van der Waals surface area (Å²) in [5, 5.41) is 4.47. The molecule has 102 valence electrons. The molecule has 0 atom stereocenters. The van der Waals surface area contributed by atoms with Crippen molar-refractivity contribution >= 4 is 17.2 Å². The van der Waals surface area contributed by atoms with E-state index >= 15 is 0 Å². The van der Waals surface area contributed by atoms with Gasteiger partial charge in [0.25, 0.3) is 0 Å². The number of aromatic nitrogens is 2. The maximum Gasteiger partial charge on any atom is 0.154 e. The first kappa shape index (κ1) is 13.5. The summed E-state index contributed by atoms with van der Waals surface area (Å²) in [7, 11) is 3.96. The summed E-state index contributed by atoms with van der Waals surface area (Å²) >= 11 is 0. The number of benzene rings is 1. The fraction of sp³-hybridized carbons (Fsp3) is 0.400. The quantitative estimate of drug-likeness (QED) is 0.920. The molecular weight excluding hydrogens is 236 g/mol. The van der Waals surface area contributed by atoms with Crippen LogP contribution < -0.4 is 10.6 Å². The van der Waals surface area contributed by atoms with E-state index in [9.17, 15) is 0 Å². The van der Waals surface area contributed by atoms with Crippen LogP contribution in [0.15, 0.2) is 18.2 Å². The van der Waals surface area contributed by atoms with Gasteiger partial charge in [0.05, 0.1) is 11.4 Å². The molecule has 0 unspecified atom stereocenters. The summed E-state index contributed by atoms with van der Waals surface area (Å²) in [5.41, 5.74) is 11.6. The minimum absolute atomic E-state index is 0.770. The highest BCUT2D eigenvalue weighted by Gasteiger charge is 2.17. The van der Waals surface area contributed by atoms with E-state index in [-0.39, 0.29) is 0 Å². The number of aryl methyl sites for hydroxylation is 4. The summed E-state index contributed by atoms with van der Waals surface area (Å²) in [6.07, 6.45) is 0.848. The molecule has 2 aromatic rings. The third-order valence-electron chi connectivity index (χ3n) is 3.38. The number of hydrogen-bond donors (Lipinski definition) is 1. The van der Waals surface area contributed by atoms with Crippen molar-refractivity contribution in [2.24, 2.45) is 7.05 Å². The number of rotatable bonds is 3. The van der Waals surface area contributed by atoms with Gasteiger partial charge < -0.3 is 10.6 Å². The van der Waals surface area contributed by atoms with Gasteiger partial charge in [-0.15, -0.1) is 0 Å². The molecule has 0 radical (unpaired) electrons. The van der Waals surface area contributed by atoms with Gasteiger partial charge in [-0.3, -0.25) is 4.68 Å². The predicted molar refractivity (Wildman–Crippen MR) is 81.0 cm³/mol. The predicted octanol–water partition coefficient (Wildman–Crippen LogP) is 2.95. The van der Waals surface area contributed by atoms with Crippen LogP contribution in [0.5, 0.6) is 0 Å². The molecule has 0 saturated carbocycles. The van der Waals surface area contributed by atoms with Gasteiger partial charge in [-0.1, -0.05) is 13.0 Å². The van der Waals surface area contributed by atoms with Crippen LogP contribution in [-0.2, 0) is 13.5 Å². The summed E-state index contributed by atoms with van der Waals surface area (Å²) in [5.74, 6) is 0.946. The van der Waals surface area contributed by atoms with Crippen LogP contribution in [0.1, 0.15) is 23.7 Å². The van der Waals surface area contributed by atoms with Gasteiger partial charge in [0.15, 0.2) is 5.82 Å². The number of anilines is 3. The molecule has 0 aliphatic carbocycles. The molecular formula is C15H22N4. The Labute approximate surface area is 114 Å². The Morgan fingerprint density at radius 2 is 1.79 bits per heavy atom. The van der Waals surface area contributed by atoms with E-state index in [2.05, 4.69) is 49.0 Å². The minimum Gasteiger partial charge on any atom is -0.394 e. The highest BCUT2D eigenvalue weighted by Crippen LogP contribution is 2.31. The van der Waals surface area contributed by atoms with Gasteiger partial charge in [-0.2, -0.15) is 5.10 Å². The third kappa shape index (κ3) is 2.43. The standard InChI is InChI=1S/C15H22N4/c1-6-13-14(16)15(19(5)17-13)18(4)12-8-10(2)7-11(3)9-12/h7-9H,6,16H2,1-5H3. The second-order valence-electron chi connectivity index (χ2n) is 5.07. The van der Waals surface area contributed by atoms with E-state index in [0.717, 1.165) is 29.3 Å². The number of hydrogen-bond acceptors (Lipinski definition) is 3. The van der Waals surface area contributed by atoms with Crippen molar-refractivity contribution in [3.05, 3.63) is 35.0 Å². The maximum atomic E-state index is 6.20. The highest BCUT2D eigenvalue weighted by atomic mass is 15.4. The molecule has 1 heterocycles. The Bertz CT molecular complexity index is 578. The number of nitrogens with two attached hydrogens (primary N) is 1. The van der Waals surface area contributed by atoms with Gasteiger partial charge in [0.2, 0.25) is 0 Å². The van der Waals surface area contributed by atoms with Crippen molar-refractivity contribution < 1.29 is 0 Å². The largest absolute Gasteiger partial charge is 0.394 e. The van der Waals surface area contributed by atoms with Gasteiger partial charge in [0.1, 0.15) is 0 Å². The molecule has 1 aromatic carbocycles. The zero-order valence-corrected chi connectivity index (χ0v) is 12.4. The molecule has 4 nitrogen and oxygen atoms in total. The lowest BCUT2D eigenvalue weighted by atomic mass is 10.1. The van der Waals surface area contributed by atoms with Crippen molar-refractivity contribution in [3.63, 3.8) is 0 Å². The lowest BCUT2D eigenvalue weighted by molar-refractivity contribution is 0.741. The van der Waals surface area contributed by atoms with Crippen LogP contribution in [0, 0.1) is 13.8 Å². The molecule has 0 saturated heterocycles. The third-order valence-corrected chi connectivity index (χ3v) is 3.38. The molecule has 1 aromatic heterocycles. The average Bonchev–Trinajstić information content (AvgIpc) is 2.62. The van der Waals surface area contributed by atoms with Crippen LogP contribution >= 0.6 is 0 Å². The molecule has 0 aliphatic rings. The van der Waals surface area contributed by atoms with Crippen LogP contribution in [0.4, 0.5) is 17.2 Å². The molecule has 0 bridgehead atoms. The fourth-order valence-electron chi connectivity index (χ4n) is 2.51. The highest BCUT2D eigenvalue weighted by molar-refractivity contribution is 5.73. The second kappa shape index (κ2) is 4.96. The van der Waals surface area contributed by atoms with Gasteiger partial charge in [0, 0.05) is 19.8 Å². The van der Waals surface area contributed by atoms with E-state index in [1.54, 1.807) is 0 Å². The van der Waals surface area contributed by atoms with E-state index in [1.807, 2.05) is 18.8 Å². The normalized spacial score (nSPS) is 10.8. The zero-order chi connectivity index (χ0) is 14.2. The Kier molecular flexibility index (Phi) is 3.51. The monoisotopic (exact) mass is 258 g/mol. The lowest BCUT2D eigenvalue weighted by Crippen LogP contribution is -2.15. The van der Waals surface area contributed by atoms with E-state index in [1.165, 1.54) is 11.1 Å². The van der Waals surface area contributed by atoms with Crippen LogP contribution in [-0.4, -0.2) is 16.8 Å². The number of nitrogens with zero attached hydrogens (tertiary/aromatic N) is 3. The van der Waals surface area contributed by atoms with Crippen LogP contribution in [0.25, 0.3) is 0 Å². The molecule has 0 aliphatic heterocycles. The minimum atomic E-state index is 0.770. The fourth-order valence-corrected chi connectivity index (χ4v) is 2.51. The molecule has 4 heteroatoms. The van der Waals surface area contributed by atoms with Crippen LogP contribution in [0.3, 0.4) is 0 Å². The SMILES string of the molecule is CCc1nn(C)c(N(C)c2cc(C)cc(C)c2)c1N. The van der Waals surface area contributed by atoms with E-state index in [4.69, 9.17) is 5.73 Å². The van der Waals surface area contributed by atoms with Crippen molar-refractivity contribution in [1.29, 1.82) is 0 Å².